The summed E-state index contributed by atoms with van der Waals surface area (Å²) in [4.78, 5) is 41.7. The van der Waals surface area contributed by atoms with Gasteiger partial charge in [-0.1, -0.05) is 0 Å². The summed E-state index contributed by atoms with van der Waals surface area (Å²) in [5, 5.41) is 21.3. The van der Waals surface area contributed by atoms with Crippen molar-refractivity contribution < 1.29 is 28.9 Å². The van der Waals surface area contributed by atoms with Crippen LogP contribution in [0.4, 0.5) is 5.69 Å². The highest BCUT2D eigenvalue weighted by molar-refractivity contribution is 5.76. The van der Waals surface area contributed by atoms with Crippen LogP contribution in [-0.2, 0) is 9.59 Å². The highest BCUT2D eigenvalue weighted by atomic mass is 16.6. The van der Waals surface area contributed by atoms with Crippen LogP contribution in [0.25, 0.3) is 6.08 Å². The van der Waals surface area contributed by atoms with Gasteiger partial charge in [0, 0.05) is 19.9 Å². The number of carbonyl (C=O) groups is 2. The van der Waals surface area contributed by atoms with E-state index in [0.717, 1.165) is 32.1 Å². The minimum Gasteiger partial charge on any atom is -0.423 e. The van der Waals surface area contributed by atoms with E-state index in [4.69, 9.17) is 9.47 Å². The SMILES string of the molecule is CC(=O)Oc1cc(C=C[N+](=O)[O-])c([N+](=O)[O-])cc1OC(C)=O. The number of esters is 2. The fraction of sp³-hybridized carbons (Fsp3) is 0.167. The molecule has 0 aromatic heterocycles. The molecule has 0 heterocycles. The lowest BCUT2D eigenvalue weighted by Crippen LogP contribution is -2.08. The molecule has 0 atom stereocenters. The van der Waals surface area contributed by atoms with Crippen molar-refractivity contribution in [2.24, 2.45) is 0 Å². The standard InChI is InChI=1S/C12H10N2O8/c1-7(15)21-11-5-9(3-4-13(17)18)10(14(19)20)6-12(11)22-8(2)16/h3-6H,1-2H3. The maximum Gasteiger partial charge on any atom is 0.308 e. The molecule has 0 aliphatic heterocycles. The first kappa shape index (κ1) is 16.8. The van der Waals surface area contributed by atoms with Gasteiger partial charge in [-0.25, -0.2) is 0 Å². The molecule has 22 heavy (non-hydrogen) atoms. The Balaban J connectivity index is 3.48. The molecular weight excluding hydrogens is 300 g/mol. The zero-order valence-electron chi connectivity index (χ0n) is 11.5. The summed E-state index contributed by atoms with van der Waals surface area (Å²) in [5.41, 5.74) is -0.737. The Labute approximate surface area is 123 Å². The van der Waals surface area contributed by atoms with E-state index >= 15 is 0 Å². The van der Waals surface area contributed by atoms with Crippen molar-refractivity contribution in [3.63, 3.8) is 0 Å². The van der Waals surface area contributed by atoms with E-state index in [9.17, 15) is 29.8 Å². The quantitative estimate of drug-likeness (QED) is 0.346. The zero-order chi connectivity index (χ0) is 16.9. The van der Waals surface area contributed by atoms with Crippen molar-refractivity contribution in [2.45, 2.75) is 13.8 Å². The molecule has 10 heteroatoms. The number of rotatable bonds is 5. The van der Waals surface area contributed by atoms with Crippen molar-refractivity contribution in [3.8, 4) is 11.5 Å². The van der Waals surface area contributed by atoms with Gasteiger partial charge < -0.3 is 9.47 Å². The van der Waals surface area contributed by atoms with Crippen LogP contribution in [0, 0.1) is 20.2 Å². The summed E-state index contributed by atoms with van der Waals surface area (Å²) in [7, 11) is 0. The minimum absolute atomic E-state index is 0.186. The number of benzene rings is 1. The predicted molar refractivity (Wildman–Crippen MR) is 71.7 cm³/mol. The van der Waals surface area contributed by atoms with Crippen LogP contribution < -0.4 is 9.47 Å². The molecule has 116 valence electrons. The largest absolute Gasteiger partial charge is 0.423 e. The fourth-order valence-corrected chi connectivity index (χ4v) is 1.47. The van der Waals surface area contributed by atoms with Crippen LogP contribution in [0.2, 0.25) is 0 Å². The number of carbonyl (C=O) groups excluding carboxylic acids is 2. The van der Waals surface area contributed by atoms with Crippen molar-refractivity contribution in [3.05, 3.63) is 44.1 Å². The molecule has 0 spiro atoms. The molecule has 0 saturated carbocycles. The van der Waals surface area contributed by atoms with Gasteiger partial charge >= 0.3 is 11.9 Å². The third kappa shape index (κ3) is 4.67. The first-order valence-electron chi connectivity index (χ1n) is 5.71. The molecule has 0 saturated heterocycles. The van der Waals surface area contributed by atoms with Crippen LogP contribution in [0.15, 0.2) is 18.3 Å². The predicted octanol–water partition coefficient (Wildman–Crippen LogP) is 1.69. The van der Waals surface area contributed by atoms with Gasteiger partial charge in [0.1, 0.15) is 0 Å². The lowest BCUT2D eigenvalue weighted by Gasteiger charge is -2.09. The molecule has 1 aromatic carbocycles. The number of nitro benzene ring substituents is 1. The van der Waals surface area contributed by atoms with Crippen LogP contribution in [0.1, 0.15) is 19.4 Å². The van der Waals surface area contributed by atoms with Gasteiger partial charge in [-0.2, -0.15) is 0 Å². The fourth-order valence-electron chi connectivity index (χ4n) is 1.47. The average molecular weight is 310 g/mol. The summed E-state index contributed by atoms with van der Waals surface area (Å²) in [6, 6.07) is 1.84. The van der Waals surface area contributed by atoms with Gasteiger partial charge in [0.15, 0.2) is 11.5 Å². The average Bonchev–Trinajstić information content (AvgIpc) is 2.36. The molecule has 0 radical (unpaired) electrons. The van der Waals surface area contributed by atoms with Gasteiger partial charge in [0.05, 0.1) is 21.5 Å². The van der Waals surface area contributed by atoms with Crippen molar-refractivity contribution in [1.29, 1.82) is 0 Å². The second-order valence-electron chi connectivity index (χ2n) is 3.90. The summed E-state index contributed by atoms with van der Waals surface area (Å²) in [6.07, 6.45) is 1.36. The van der Waals surface area contributed by atoms with Gasteiger partial charge in [-0.05, 0) is 6.07 Å². The Morgan fingerprint density at radius 2 is 1.55 bits per heavy atom. The minimum atomic E-state index is -0.815. The van der Waals surface area contributed by atoms with Crippen LogP contribution in [-0.4, -0.2) is 21.8 Å². The highest BCUT2D eigenvalue weighted by Crippen LogP contribution is 2.35. The zero-order valence-corrected chi connectivity index (χ0v) is 11.5. The van der Waals surface area contributed by atoms with E-state index in [1.54, 1.807) is 0 Å². The monoisotopic (exact) mass is 310 g/mol. The Hall–Kier alpha value is -3.30. The number of nitrogens with zero attached hydrogens (tertiary/aromatic N) is 2. The van der Waals surface area contributed by atoms with E-state index in [2.05, 4.69) is 0 Å². The Bertz CT molecular complexity index is 680. The first-order valence-corrected chi connectivity index (χ1v) is 5.71. The second-order valence-corrected chi connectivity index (χ2v) is 3.90. The molecule has 0 fully saturated rings. The lowest BCUT2D eigenvalue weighted by molar-refractivity contribution is -0.401. The van der Waals surface area contributed by atoms with Crippen LogP contribution in [0.3, 0.4) is 0 Å². The molecule has 0 bridgehead atoms. The van der Waals surface area contributed by atoms with Gasteiger partial charge in [-0.15, -0.1) is 0 Å². The Kier molecular flexibility index (Phi) is 5.27. The summed E-state index contributed by atoms with van der Waals surface area (Å²) in [6.45, 7) is 2.13. The molecule has 0 unspecified atom stereocenters. The molecular formula is C12H10N2O8. The maximum atomic E-state index is 11.0. The highest BCUT2D eigenvalue weighted by Gasteiger charge is 2.21. The molecule has 10 nitrogen and oxygen atoms in total. The lowest BCUT2D eigenvalue weighted by atomic mass is 10.1. The van der Waals surface area contributed by atoms with E-state index in [1.807, 2.05) is 0 Å². The molecule has 0 aliphatic carbocycles. The molecule has 0 aliphatic rings. The van der Waals surface area contributed by atoms with Crippen molar-refractivity contribution >= 4 is 23.7 Å². The van der Waals surface area contributed by atoms with Crippen molar-refractivity contribution in [2.75, 3.05) is 0 Å². The third-order valence-corrected chi connectivity index (χ3v) is 2.17. The molecule has 0 amide bonds. The van der Waals surface area contributed by atoms with E-state index < -0.39 is 27.5 Å². The molecule has 0 N–H and O–H groups in total. The smallest absolute Gasteiger partial charge is 0.308 e. The maximum absolute atomic E-state index is 11.0. The summed E-state index contributed by atoms with van der Waals surface area (Å²) >= 11 is 0. The van der Waals surface area contributed by atoms with Gasteiger partial charge in [0.2, 0.25) is 6.20 Å². The Morgan fingerprint density at radius 1 is 1.05 bits per heavy atom. The third-order valence-electron chi connectivity index (χ3n) is 2.17. The molecule has 1 aromatic rings. The summed E-state index contributed by atoms with van der Waals surface area (Å²) in [5.74, 6) is -2.15. The topological polar surface area (TPSA) is 139 Å². The van der Waals surface area contributed by atoms with Gasteiger partial charge in [-0.3, -0.25) is 29.8 Å². The van der Waals surface area contributed by atoms with Crippen LogP contribution in [0.5, 0.6) is 11.5 Å². The van der Waals surface area contributed by atoms with E-state index in [1.165, 1.54) is 0 Å². The second kappa shape index (κ2) is 6.92. The molecule has 1 rings (SSSR count). The van der Waals surface area contributed by atoms with E-state index in [-0.39, 0.29) is 17.1 Å². The van der Waals surface area contributed by atoms with Crippen LogP contribution >= 0.6 is 0 Å². The normalized spacial score (nSPS) is 10.3. The first-order chi connectivity index (χ1) is 10.2. The summed E-state index contributed by atoms with van der Waals surface area (Å²) < 4.78 is 9.53. The van der Waals surface area contributed by atoms with E-state index in [0.29, 0.717) is 6.20 Å². The number of ether oxygens (including phenoxy) is 2. The van der Waals surface area contributed by atoms with Crippen molar-refractivity contribution in [1.82, 2.24) is 0 Å². The Morgan fingerprint density at radius 3 is 1.95 bits per heavy atom. The van der Waals surface area contributed by atoms with Gasteiger partial charge in [0.25, 0.3) is 5.69 Å². The number of nitro groups is 2. The number of hydrogen-bond donors (Lipinski definition) is 0. The number of hydrogen-bond acceptors (Lipinski definition) is 8.